The van der Waals surface area contributed by atoms with E-state index in [1.54, 1.807) is 11.3 Å². The van der Waals surface area contributed by atoms with E-state index in [4.69, 9.17) is 0 Å². The van der Waals surface area contributed by atoms with Crippen molar-refractivity contribution in [1.82, 2.24) is 9.88 Å². The Labute approximate surface area is 121 Å². The molecule has 1 aliphatic rings. The van der Waals surface area contributed by atoms with Crippen molar-refractivity contribution in [1.29, 1.82) is 0 Å². The van der Waals surface area contributed by atoms with Gasteiger partial charge in [0, 0.05) is 29.1 Å². The molecule has 0 bridgehead atoms. The third kappa shape index (κ3) is 3.12. The molecule has 1 atom stereocenters. The van der Waals surface area contributed by atoms with Crippen LogP contribution in [-0.4, -0.2) is 27.7 Å². The second-order valence-electron chi connectivity index (χ2n) is 5.88. The molecule has 0 aromatic carbocycles. The molecule has 2 rings (SSSR count). The van der Waals surface area contributed by atoms with E-state index in [2.05, 4.69) is 47.1 Å². The lowest BCUT2D eigenvalue weighted by atomic mass is 9.93. The van der Waals surface area contributed by atoms with Crippen LogP contribution in [0.5, 0.6) is 0 Å². The van der Waals surface area contributed by atoms with Crippen LogP contribution in [0.25, 0.3) is 0 Å². The summed E-state index contributed by atoms with van der Waals surface area (Å²) < 4.78 is 0. The van der Waals surface area contributed by atoms with Gasteiger partial charge in [-0.1, -0.05) is 36.7 Å². The van der Waals surface area contributed by atoms with Crippen molar-refractivity contribution in [2.45, 2.75) is 39.2 Å². The Morgan fingerprint density at radius 2 is 2.28 bits per heavy atom. The Hall–Kier alpha value is -0.420. The summed E-state index contributed by atoms with van der Waals surface area (Å²) in [6.45, 7) is 8.01. The van der Waals surface area contributed by atoms with Gasteiger partial charge >= 0.3 is 0 Å². The zero-order chi connectivity index (χ0) is 13.3. The molecule has 1 unspecified atom stereocenters. The molecule has 1 saturated heterocycles. The smallest absolute Gasteiger partial charge is 0.223 e. The summed E-state index contributed by atoms with van der Waals surface area (Å²) in [6.07, 6.45) is 0.669. The second-order valence-corrected chi connectivity index (χ2v) is 7.47. The number of carbonyl (C=O) groups is 1. The summed E-state index contributed by atoms with van der Waals surface area (Å²) in [5.74, 6) is 0.714. The van der Waals surface area contributed by atoms with Crippen molar-refractivity contribution in [3.63, 3.8) is 0 Å². The predicted octanol–water partition coefficient (Wildman–Crippen LogP) is 3.18. The largest absolute Gasteiger partial charge is 0.336 e. The van der Waals surface area contributed by atoms with Gasteiger partial charge in [-0.3, -0.25) is 4.79 Å². The highest BCUT2D eigenvalue weighted by molar-refractivity contribution is 9.09. The maximum atomic E-state index is 11.8. The highest BCUT2D eigenvalue weighted by Gasteiger charge is 2.29. The molecule has 100 valence electrons. The zero-order valence-corrected chi connectivity index (χ0v) is 13.5. The molecule has 0 aliphatic carbocycles. The van der Waals surface area contributed by atoms with Gasteiger partial charge < -0.3 is 4.90 Å². The highest BCUT2D eigenvalue weighted by Crippen LogP contribution is 2.26. The number of nitrogens with zero attached hydrogens (tertiary/aromatic N) is 2. The average molecular weight is 331 g/mol. The first-order chi connectivity index (χ1) is 8.40. The number of halogens is 1. The minimum atomic E-state index is 0.0855. The first kappa shape index (κ1) is 14.0. The summed E-state index contributed by atoms with van der Waals surface area (Å²) in [5, 5.41) is 4.06. The maximum absolute atomic E-state index is 11.8. The maximum Gasteiger partial charge on any atom is 0.223 e. The van der Waals surface area contributed by atoms with Gasteiger partial charge in [0.05, 0.1) is 12.2 Å². The van der Waals surface area contributed by atoms with Gasteiger partial charge in [0.15, 0.2) is 0 Å². The minimum absolute atomic E-state index is 0.0855. The van der Waals surface area contributed by atoms with Crippen molar-refractivity contribution in [2.24, 2.45) is 5.92 Å². The van der Waals surface area contributed by atoms with Crippen molar-refractivity contribution in [2.75, 3.05) is 11.9 Å². The predicted molar refractivity (Wildman–Crippen MR) is 78.1 cm³/mol. The summed E-state index contributed by atoms with van der Waals surface area (Å²) in [4.78, 5) is 18.4. The number of thiazole rings is 1. The van der Waals surface area contributed by atoms with Crippen LogP contribution in [-0.2, 0) is 16.8 Å². The van der Waals surface area contributed by atoms with Gasteiger partial charge in [0.2, 0.25) is 5.91 Å². The van der Waals surface area contributed by atoms with E-state index in [9.17, 15) is 4.79 Å². The van der Waals surface area contributed by atoms with Crippen LogP contribution in [0.4, 0.5) is 0 Å². The molecular weight excluding hydrogens is 312 g/mol. The van der Waals surface area contributed by atoms with Gasteiger partial charge in [-0.05, 0) is 5.92 Å². The monoisotopic (exact) mass is 330 g/mol. The molecule has 0 N–H and O–H groups in total. The fourth-order valence-corrected chi connectivity index (χ4v) is 3.47. The van der Waals surface area contributed by atoms with Crippen molar-refractivity contribution in [3.8, 4) is 0 Å². The van der Waals surface area contributed by atoms with Crippen LogP contribution in [0.3, 0.4) is 0 Å². The van der Waals surface area contributed by atoms with E-state index in [-0.39, 0.29) is 11.3 Å². The lowest BCUT2D eigenvalue weighted by Gasteiger charge is -2.16. The molecule has 1 fully saturated rings. The van der Waals surface area contributed by atoms with E-state index in [0.717, 1.165) is 22.6 Å². The van der Waals surface area contributed by atoms with Gasteiger partial charge in [-0.25, -0.2) is 4.98 Å². The van der Waals surface area contributed by atoms with Crippen LogP contribution < -0.4 is 0 Å². The number of alkyl halides is 1. The summed E-state index contributed by atoms with van der Waals surface area (Å²) in [7, 11) is 0. The van der Waals surface area contributed by atoms with Crippen LogP contribution in [0.15, 0.2) is 5.38 Å². The summed E-state index contributed by atoms with van der Waals surface area (Å²) in [5.41, 5.74) is 1.20. The van der Waals surface area contributed by atoms with E-state index >= 15 is 0 Å². The molecule has 1 amide bonds. The summed E-state index contributed by atoms with van der Waals surface area (Å²) in [6, 6.07) is 0. The third-order valence-electron chi connectivity index (χ3n) is 3.16. The first-order valence-corrected chi connectivity index (χ1v) is 8.19. The van der Waals surface area contributed by atoms with Crippen molar-refractivity contribution < 1.29 is 4.79 Å². The fourth-order valence-electron chi connectivity index (χ4n) is 2.00. The number of hydrogen-bond donors (Lipinski definition) is 0. The van der Waals surface area contributed by atoms with E-state index in [1.807, 2.05) is 4.90 Å². The molecule has 0 saturated carbocycles. The molecule has 5 heteroatoms. The topological polar surface area (TPSA) is 33.2 Å². The van der Waals surface area contributed by atoms with E-state index in [0.29, 0.717) is 18.9 Å². The Balaban J connectivity index is 2.02. The normalized spacial score (nSPS) is 20.8. The quantitative estimate of drug-likeness (QED) is 0.797. The number of rotatable bonds is 3. The molecule has 3 nitrogen and oxygen atoms in total. The molecule has 1 aromatic rings. The van der Waals surface area contributed by atoms with Gasteiger partial charge in [-0.2, -0.15) is 0 Å². The van der Waals surface area contributed by atoms with Crippen molar-refractivity contribution in [3.05, 3.63) is 16.1 Å². The number of carbonyl (C=O) groups excluding carboxylic acids is 1. The summed E-state index contributed by atoms with van der Waals surface area (Å²) >= 11 is 5.11. The second kappa shape index (κ2) is 5.29. The molecule has 18 heavy (non-hydrogen) atoms. The van der Waals surface area contributed by atoms with Crippen molar-refractivity contribution >= 4 is 33.2 Å². The van der Waals surface area contributed by atoms with Crippen LogP contribution in [0.1, 0.15) is 37.9 Å². The number of likely N-dealkylation sites (tertiary alicyclic amines) is 1. The van der Waals surface area contributed by atoms with Crippen LogP contribution >= 0.6 is 27.3 Å². The molecule has 1 aromatic heterocycles. The van der Waals surface area contributed by atoms with E-state index in [1.165, 1.54) is 0 Å². The molecule has 2 heterocycles. The van der Waals surface area contributed by atoms with Gasteiger partial charge in [-0.15, -0.1) is 11.3 Å². The zero-order valence-electron chi connectivity index (χ0n) is 11.1. The molecular formula is C13H19BrN2OS. The Bertz CT molecular complexity index is 438. The van der Waals surface area contributed by atoms with Gasteiger partial charge in [0.1, 0.15) is 5.01 Å². The van der Waals surface area contributed by atoms with Gasteiger partial charge in [0.25, 0.3) is 0 Å². The number of amides is 1. The Morgan fingerprint density at radius 1 is 1.56 bits per heavy atom. The standard InChI is InChI=1S/C13H19BrN2OS/c1-13(2,3)10-8-18-11(15-10)7-16-6-9(5-14)4-12(16)17/h8-9H,4-7H2,1-3H3. The number of aromatic nitrogens is 1. The third-order valence-corrected chi connectivity index (χ3v) is 4.91. The first-order valence-electron chi connectivity index (χ1n) is 6.19. The fraction of sp³-hybridized carbons (Fsp3) is 0.692. The SMILES string of the molecule is CC(C)(C)c1csc(CN2CC(CBr)CC2=O)n1. The number of hydrogen-bond acceptors (Lipinski definition) is 3. The Kier molecular flexibility index (Phi) is 4.11. The van der Waals surface area contributed by atoms with Crippen LogP contribution in [0, 0.1) is 5.92 Å². The Morgan fingerprint density at radius 3 is 2.78 bits per heavy atom. The average Bonchev–Trinajstić information content (AvgIpc) is 2.86. The highest BCUT2D eigenvalue weighted by atomic mass is 79.9. The molecule has 0 spiro atoms. The molecule has 1 aliphatic heterocycles. The minimum Gasteiger partial charge on any atom is -0.336 e. The molecule has 0 radical (unpaired) electrons. The van der Waals surface area contributed by atoms with Crippen LogP contribution in [0.2, 0.25) is 0 Å². The lowest BCUT2D eigenvalue weighted by molar-refractivity contribution is -0.128. The lowest BCUT2D eigenvalue weighted by Crippen LogP contribution is -2.24. The van der Waals surface area contributed by atoms with E-state index < -0.39 is 0 Å².